The normalized spacial score (nSPS) is 13.2. The summed E-state index contributed by atoms with van der Waals surface area (Å²) in [5.41, 5.74) is -0.506. The topological polar surface area (TPSA) is 49.7 Å². The van der Waals surface area contributed by atoms with Crippen LogP contribution in [0.2, 0.25) is 0 Å². The highest BCUT2D eigenvalue weighted by Gasteiger charge is 2.30. The Bertz CT molecular complexity index is 162. The van der Waals surface area contributed by atoms with Crippen LogP contribution in [0.25, 0.3) is 0 Å². The molecule has 3 nitrogen and oxygen atoms in total. The minimum Gasteiger partial charge on any atom is -0.396 e. The molecule has 0 aromatic carbocycles. The molecule has 0 aliphatic rings. The smallest absolute Gasteiger partial charge is 0.0623 e. The average Bonchev–Trinajstić information content (AvgIpc) is 2.24. The van der Waals surface area contributed by atoms with Crippen molar-refractivity contribution < 1.29 is 14.9 Å². The molecule has 0 saturated carbocycles. The van der Waals surface area contributed by atoms with E-state index in [-0.39, 0.29) is 24.2 Å². The van der Waals surface area contributed by atoms with E-state index < -0.39 is 0 Å². The van der Waals surface area contributed by atoms with Crippen molar-refractivity contribution in [3.63, 3.8) is 0 Å². The second kappa shape index (κ2) is 6.46. The summed E-state index contributed by atoms with van der Waals surface area (Å²) in [5, 5.41) is 18.8. The fourth-order valence-corrected chi connectivity index (χ4v) is 1.69. The Morgan fingerprint density at radius 1 is 1.00 bits per heavy atom. The zero-order valence-electron chi connectivity index (χ0n) is 10.5. The van der Waals surface area contributed by atoms with Crippen LogP contribution in [-0.4, -0.2) is 36.1 Å². The van der Waals surface area contributed by atoms with Crippen molar-refractivity contribution in [1.29, 1.82) is 0 Å². The molecule has 0 amide bonds. The lowest BCUT2D eigenvalue weighted by Gasteiger charge is -2.33. The van der Waals surface area contributed by atoms with E-state index in [1.807, 2.05) is 13.8 Å². The van der Waals surface area contributed by atoms with E-state index in [9.17, 15) is 10.2 Å². The Morgan fingerprint density at radius 2 is 1.53 bits per heavy atom. The van der Waals surface area contributed by atoms with Crippen LogP contribution in [0, 0.1) is 5.41 Å². The van der Waals surface area contributed by atoms with Crippen LogP contribution in [0.5, 0.6) is 0 Å². The van der Waals surface area contributed by atoms with Crippen LogP contribution >= 0.6 is 0 Å². The third-order valence-corrected chi connectivity index (χ3v) is 3.26. The molecule has 0 bridgehead atoms. The molecule has 0 aliphatic heterocycles. The quantitative estimate of drug-likeness (QED) is 0.655. The largest absolute Gasteiger partial charge is 0.396 e. The molecule has 92 valence electrons. The Kier molecular flexibility index (Phi) is 6.41. The number of aliphatic hydroxyl groups is 2. The minimum absolute atomic E-state index is 0.0527. The first-order valence-electron chi connectivity index (χ1n) is 5.72. The molecule has 0 unspecified atom stereocenters. The second-order valence-corrected chi connectivity index (χ2v) is 5.03. The third kappa shape index (κ3) is 4.96. The van der Waals surface area contributed by atoms with Crippen LogP contribution in [0.1, 0.15) is 46.5 Å². The molecule has 0 atom stereocenters. The molecule has 0 rings (SSSR count). The second-order valence-electron chi connectivity index (χ2n) is 5.03. The fourth-order valence-electron chi connectivity index (χ4n) is 1.69. The van der Waals surface area contributed by atoms with E-state index in [2.05, 4.69) is 6.92 Å². The molecule has 2 N–H and O–H groups in total. The monoisotopic (exact) mass is 218 g/mol. The maximum Gasteiger partial charge on any atom is 0.0623 e. The highest BCUT2D eigenvalue weighted by atomic mass is 16.5. The molecular weight excluding hydrogens is 192 g/mol. The first-order valence-corrected chi connectivity index (χ1v) is 5.72. The zero-order chi connectivity index (χ0) is 11.9. The van der Waals surface area contributed by atoms with Crippen LogP contribution in [0.15, 0.2) is 0 Å². The summed E-state index contributed by atoms with van der Waals surface area (Å²) in [6.45, 7) is 6.23. The van der Waals surface area contributed by atoms with Gasteiger partial charge in [-0.3, -0.25) is 0 Å². The van der Waals surface area contributed by atoms with Crippen molar-refractivity contribution in [3.05, 3.63) is 0 Å². The van der Waals surface area contributed by atoms with Gasteiger partial charge in [0.05, 0.1) is 18.8 Å². The molecular formula is C12H26O3. The van der Waals surface area contributed by atoms with Crippen LogP contribution < -0.4 is 0 Å². The molecule has 0 aromatic rings. The van der Waals surface area contributed by atoms with Crippen molar-refractivity contribution in [2.75, 3.05) is 20.3 Å². The van der Waals surface area contributed by atoms with Gasteiger partial charge in [-0.2, -0.15) is 0 Å². The average molecular weight is 218 g/mol. The van der Waals surface area contributed by atoms with Crippen molar-refractivity contribution in [2.45, 2.75) is 52.1 Å². The highest BCUT2D eigenvalue weighted by molar-refractivity contribution is 4.81. The third-order valence-electron chi connectivity index (χ3n) is 3.26. The summed E-state index contributed by atoms with van der Waals surface area (Å²) in [6.07, 6.45) is 3.49. The summed E-state index contributed by atoms with van der Waals surface area (Å²) in [6, 6.07) is 0. The molecule has 0 spiro atoms. The fraction of sp³-hybridized carbons (Fsp3) is 1.00. The van der Waals surface area contributed by atoms with Gasteiger partial charge in [-0.25, -0.2) is 0 Å². The van der Waals surface area contributed by atoms with Gasteiger partial charge in [0.15, 0.2) is 0 Å². The predicted molar refractivity (Wildman–Crippen MR) is 61.8 cm³/mol. The van der Waals surface area contributed by atoms with E-state index in [4.69, 9.17) is 4.74 Å². The van der Waals surface area contributed by atoms with Crippen molar-refractivity contribution >= 4 is 0 Å². The van der Waals surface area contributed by atoms with Gasteiger partial charge in [0, 0.05) is 12.5 Å². The maximum absolute atomic E-state index is 9.38. The first-order chi connectivity index (χ1) is 6.95. The first kappa shape index (κ1) is 14.9. The van der Waals surface area contributed by atoms with Crippen molar-refractivity contribution in [3.8, 4) is 0 Å². The SMILES string of the molecule is CCCC(CO)(CO)CCC(C)(C)OC. The van der Waals surface area contributed by atoms with Crippen LogP contribution in [0.3, 0.4) is 0 Å². The Balaban J connectivity index is 4.28. The number of hydrogen-bond acceptors (Lipinski definition) is 3. The predicted octanol–water partition coefficient (Wildman–Crippen LogP) is 1.96. The minimum atomic E-state index is -0.329. The van der Waals surface area contributed by atoms with Crippen molar-refractivity contribution in [1.82, 2.24) is 0 Å². The van der Waals surface area contributed by atoms with Crippen LogP contribution in [0.4, 0.5) is 0 Å². The summed E-state index contributed by atoms with van der Waals surface area (Å²) in [5.74, 6) is 0. The van der Waals surface area contributed by atoms with Gasteiger partial charge in [-0.1, -0.05) is 13.3 Å². The lowest BCUT2D eigenvalue weighted by atomic mass is 9.78. The van der Waals surface area contributed by atoms with Crippen molar-refractivity contribution in [2.24, 2.45) is 5.41 Å². The van der Waals surface area contributed by atoms with Gasteiger partial charge < -0.3 is 14.9 Å². The van der Waals surface area contributed by atoms with Gasteiger partial charge in [0.2, 0.25) is 0 Å². The summed E-state index contributed by atoms with van der Waals surface area (Å²) in [4.78, 5) is 0. The van der Waals surface area contributed by atoms with E-state index in [0.717, 1.165) is 25.7 Å². The molecule has 0 aromatic heterocycles. The lowest BCUT2D eigenvalue weighted by molar-refractivity contribution is -0.0191. The summed E-state index contributed by atoms with van der Waals surface area (Å²) >= 11 is 0. The zero-order valence-corrected chi connectivity index (χ0v) is 10.5. The molecule has 0 radical (unpaired) electrons. The van der Waals surface area contributed by atoms with E-state index in [1.165, 1.54) is 0 Å². The van der Waals surface area contributed by atoms with E-state index in [1.54, 1.807) is 7.11 Å². The lowest BCUT2D eigenvalue weighted by Crippen LogP contribution is -2.33. The van der Waals surface area contributed by atoms with E-state index in [0.29, 0.717) is 0 Å². The summed E-state index contributed by atoms with van der Waals surface area (Å²) in [7, 11) is 1.69. The number of methoxy groups -OCH3 is 1. The van der Waals surface area contributed by atoms with E-state index >= 15 is 0 Å². The molecule has 0 heterocycles. The molecule has 0 fully saturated rings. The molecule has 3 heteroatoms. The number of hydrogen-bond donors (Lipinski definition) is 2. The highest BCUT2D eigenvalue weighted by Crippen LogP contribution is 2.32. The van der Waals surface area contributed by atoms with Gasteiger partial charge in [-0.15, -0.1) is 0 Å². The number of rotatable bonds is 8. The van der Waals surface area contributed by atoms with Crippen LogP contribution in [-0.2, 0) is 4.74 Å². The maximum atomic E-state index is 9.38. The Labute approximate surface area is 93.5 Å². The standard InChI is InChI=1S/C12H26O3/c1-5-6-12(9-13,10-14)8-7-11(2,3)15-4/h13-14H,5-10H2,1-4H3. The molecule has 15 heavy (non-hydrogen) atoms. The van der Waals surface area contributed by atoms with Gasteiger partial charge in [-0.05, 0) is 33.1 Å². The van der Waals surface area contributed by atoms with Gasteiger partial charge >= 0.3 is 0 Å². The molecule has 0 aliphatic carbocycles. The number of aliphatic hydroxyl groups excluding tert-OH is 2. The molecule has 0 saturated heterocycles. The summed E-state index contributed by atoms with van der Waals surface area (Å²) < 4.78 is 5.34. The Hall–Kier alpha value is -0.120. The Morgan fingerprint density at radius 3 is 1.87 bits per heavy atom. The number of ether oxygens (including phenoxy) is 1. The van der Waals surface area contributed by atoms with Gasteiger partial charge in [0.25, 0.3) is 0 Å². The van der Waals surface area contributed by atoms with Gasteiger partial charge in [0.1, 0.15) is 0 Å².